The van der Waals surface area contributed by atoms with Gasteiger partial charge in [0.25, 0.3) is 0 Å². The molecular weight excluding hydrogens is 380 g/mol. The van der Waals surface area contributed by atoms with Crippen molar-refractivity contribution in [3.8, 4) is 11.4 Å². The Morgan fingerprint density at radius 1 is 0.967 bits per heavy atom. The number of benzene rings is 2. The highest BCUT2D eigenvalue weighted by atomic mass is 16.3. The predicted molar refractivity (Wildman–Crippen MR) is 117 cm³/mol. The minimum atomic E-state index is -0.640. The first-order chi connectivity index (χ1) is 14.5. The maximum Gasteiger partial charge on any atom is 0.220 e. The molecule has 0 atom stereocenters. The van der Waals surface area contributed by atoms with Gasteiger partial charge in [0.1, 0.15) is 22.4 Å². The number of aryl methyl sites for hydroxylation is 1. The lowest BCUT2D eigenvalue weighted by molar-refractivity contribution is 0.303. The first-order valence-corrected chi connectivity index (χ1v) is 10.1. The van der Waals surface area contributed by atoms with Crippen LogP contribution in [0.5, 0.6) is 5.75 Å². The van der Waals surface area contributed by atoms with Gasteiger partial charge in [0.2, 0.25) is 11.9 Å². The van der Waals surface area contributed by atoms with Crippen LogP contribution in [0.25, 0.3) is 16.7 Å². The van der Waals surface area contributed by atoms with Crippen LogP contribution in [0.1, 0.15) is 37.7 Å². The molecule has 0 amide bonds. The van der Waals surface area contributed by atoms with Crippen molar-refractivity contribution < 1.29 is 5.11 Å². The topological polar surface area (TPSA) is 131 Å². The number of rotatable bonds is 2. The Hall–Kier alpha value is -3.62. The van der Waals surface area contributed by atoms with Crippen molar-refractivity contribution in [2.75, 3.05) is 4.90 Å². The minimum Gasteiger partial charge on any atom is -0.504 e. The van der Waals surface area contributed by atoms with Crippen LogP contribution >= 0.6 is 0 Å². The third-order valence-electron chi connectivity index (χ3n) is 5.81. The molecule has 9 heteroatoms. The molecule has 5 rings (SSSR count). The van der Waals surface area contributed by atoms with Crippen molar-refractivity contribution in [3.63, 3.8) is 0 Å². The normalized spacial score (nSPS) is 18.5. The summed E-state index contributed by atoms with van der Waals surface area (Å²) in [6, 6.07) is 11.3. The van der Waals surface area contributed by atoms with Gasteiger partial charge in [-0.1, -0.05) is 18.6 Å². The summed E-state index contributed by atoms with van der Waals surface area (Å²) >= 11 is 0. The smallest absolute Gasteiger partial charge is 0.220 e. The van der Waals surface area contributed by atoms with Crippen molar-refractivity contribution in [2.45, 2.75) is 44.7 Å². The van der Waals surface area contributed by atoms with Crippen LogP contribution in [0, 0.1) is 6.92 Å². The maximum absolute atomic E-state index is 11.3. The van der Waals surface area contributed by atoms with E-state index >= 15 is 0 Å². The number of aromatic nitrogens is 3. The number of phenols is 1. The molecule has 30 heavy (non-hydrogen) atoms. The lowest BCUT2D eigenvalue weighted by atomic mass is 9.87. The Morgan fingerprint density at radius 2 is 1.60 bits per heavy atom. The van der Waals surface area contributed by atoms with Gasteiger partial charge in [-0.2, -0.15) is 4.99 Å². The number of phenolic OH excluding ortho intramolecular Hbond substituents is 1. The molecule has 0 radical (unpaired) electrons. The number of nitrogens with zero attached hydrogens (tertiary/aromatic N) is 6. The first kappa shape index (κ1) is 18.4. The number of aromatic hydroxyl groups is 1. The van der Waals surface area contributed by atoms with Crippen molar-refractivity contribution in [2.24, 2.45) is 21.5 Å². The average Bonchev–Trinajstić information content (AvgIpc) is 3.14. The number of hydrogen-bond acceptors (Lipinski definition) is 8. The van der Waals surface area contributed by atoms with Crippen molar-refractivity contribution in [1.82, 2.24) is 15.0 Å². The van der Waals surface area contributed by atoms with Gasteiger partial charge >= 0.3 is 0 Å². The van der Waals surface area contributed by atoms with E-state index in [0.29, 0.717) is 11.4 Å². The zero-order valence-corrected chi connectivity index (χ0v) is 16.8. The maximum atomic E-state index is 11.3. The number of fused-ring (bicyclic) bond motifs is 1. The molecule has 0 saturated heterocycles. The average molecular weight is 404 g/mol. The fourth-order valence-electron chi connectivity index (χ4n) is 4.50. The van der Waals surface area contributed by atoms with Gasteiger partial charge in [-0.15, -0.1) is 15.0 Å². The number of guanidine groups is 2. The van der Waals surface area contributed by atoms with E-state index in [2.05, 4.69) is 15.2 Å². The second-order valence-electron chi connectivity index (χ2n) is 7.95. The minimum absolute atomic E-state index is 0.0275. The molecule has 1 spiro atoms. The van der Waals surface area contributed by atoms with Gasteiger partial charge in [-0.25, -0.2) is 4.99 Å². The monoisotopic (exact) mass is 404 g/mol. The van der Waals surface area contributed by atoms with E-state index in [1.165, 1.54) is 4.80 Å². The Labute approximate surface area is 173 Å². The number of aliphatic imine (C=N–C) groups is 2. The van der Waals surface area contributed by atoms with Gasteiger partial charge in [0.05, 0.1) is 5.69 Å². The summed E-state index contributed by atoms with van der Waals surface area (Å²) in [6.45, 7) is 1.96. The summed E-state index contributed by atoms with van der Waals surface area (Å²) in [5, 5.41) is 20.4. The van der Waals surface area contributed by atoms with Crippen LogP contribution < -0.4 is 16.4 Å². The summed E-state index contributed by atoms with van der Waals surface area (Å²) in [5.41, 5.74) is 15.1. The van der Waals surface area contributed by atoms with E-state index in [4.69, 9.17) is 16.5 Å². The standard InChI is InChI=1S/C21H24N8O/c1-13-11-16(28-20(23)24-19(22)25-21(28)9-5-2-6-10-21)18(30)17(12-13)29-26-14-7-3-4-8-15(14)27-29/h3-4,7-8,11-12,30H,2,5-6,9-10H2,1H3,(H4,22,23,24,25). The Kier molecular flexibility index (Phi) is 4.12. The quantitative estimate of drug-likeness (QED) is 0.601. The van der Waals surface area contributed by atoms with Crippen LogP contribution in [0.4, 0.5) is 5.69 Å². The van der Waals surface area contributed by atoms with E-state index < -0.39 is 5.66 Å². The van der Waals surface area contributed by atoms with Crippen LogP contribution in [-0.2, 0) is 0 Å². The van der Waals surface area contributed by atoms with E-state index in [-0.39, 0.29) is 17.7 Å². The highest BCUT2D eigenvalue weighted by molar-refractivity contribution is 6.06. The van der Waals surface area contributed by atoms with Crippen molar-refractivity contribution in [1.29, 1.82) is 0 Å². The summed E-state index contributed by atoms with van der Waals surface area (Å²) < 4.78 is 0. The Morgan fingerprint density at radius 3 is 2.27 bits per heavy atom. The lowest BCUT2D eigenvalue weighted by Gasteiger charge is -2.45. The molecule has 0 unspecified atom stereocenters. The molecule has 1 aliphatic heterocycles. The highest BCUT2D eigenvalue weighted by Gasteiger charge is 2.44. The van der Waals surface area contributed by atoms with Crippen LogP contribution in [0.2, 0.25) is 0 Å². The zero-order chi connectivity index (χ0) is 20.9. The SMILES string of the molecule is Cc1cc(N2C(N)=NC(N)=NC23CCCCC3)c(O)c(-n2nc3ccccc3n2)c1. The molecule has 2 aromatic carbocycles. The molecule has 1 aliphatic carbocycles. The summed E-state index contributed by atoms with van der Waals surface area (Å²) in [6.07, 6.45) is 4.72. The highest BCUT2D eigenvalue weighted by Crippen LogP contribution is 2.44. The van der Waals surface area contributed by atoms with Gasteiger partial charge in [-0.3, -0.25) is 4.90 Å². The number of anilines is 1. The molecule has 2 heterocycles. The fraction of sp³-hybridized carbons (Fsp3) is 0.333. The Bertz CT molecular complexity index is 1160. The fourth-order valence-corrected chi connectivity index (χ4v) is 4.50. The van der Waals surface area contributed by atoms with Crippen LogP contribution in [0.15, 0.2) is 46.4 Å². The van der Waals surface area contributed by atoms with E-state index in [1.807, 2.05) is 48.2 Å². The zero-order valence-electron chi connectivity index (χ0n) is 16.8. The largest absolute Gasteiger partial charge is 0.504 e. The van der Waals surface area contributed by atoms with Crippen molar-refractivity contribution in [3.05, 3.63) is 42.0 Å². The number of nitrogens with two attached hydrogens (primary N) is 2. The molecule has 3 aromatic rings. The van der Waals surface area contributed by atoms with Gasteiger partial charge in [0, 0.05) is 0 Å². The molecule has 1 saturated carbocycles. The number of hydrogen-bond donors (Lipinski definition) is 3. The second-order valence-corrected chi connectivity index (χ2v) is 7.95. The van der Waals surface area contributed by atoms with E-state index in [0.717, 1.165) is 48.7 Å². The molecule has 1 fully saturated rings. The van der Waals surface area contributed by atoms with E-state index in [9.17, 15) is 5.11 Å². The van der Waals surface area contributed by atoms with Crippen LogP contribution in [0.3, 0.4) is 0 Å². The molecule has 154 valence electrons. The van der Waals surface area contributed by atoms with Gasteiger partial charge in [-0.05, 0) is 62.4 Å². The molecule has 9 nitrogen and oxygen atoms in total. The summed E-state index contributed by atoms with van der Waals surface area (Å²) in [4.78, 5) is 12.2. The Balaban J connectivity index is 1.68. The molecule has 5 N–H and O–H groups in total. The summed E-state index contributed by atoms with van der Waals surface area (Å²) in [5.74, 6) is 0.438. The molecular formula is C21H24N8O. The van der Waals surface area contributed by atoms with Gasteiger partial charge in [0.15, 0.2) is 5.75 Å². The second kappa shape index (κ2) is 6.72. The van der Waals surface area contributed by atoms with Crippen LogP contribution in [-0.4, -0.2) is 37.7 Å². The molecule has 1 aromatic heterocycles. The molecule has 0 bridgehead atoms. The third-order valence-corrected chi connectivity index (χ3v) is 5.81. The molecule has 2 aliphatic rings. The first-order valence-electron chi connectivity index (χ1n) is 10.1. The summed E-state index contributed by atoms with van der Waals surface area (Å²) in [7, 11) is 0. The predicted octanol–water partition coefficient (Wildman–Crippen LogP) is 2.54. The van der Waals surface area contributed by atoms with E-state index in [1.54, 1.807) is 0 Å². The lowest BCUT2D eigenvalue weighted by Crippen LogP contribution is -2.58. The van der Waals surface area contributed by atoms with Gasteiger partial charge < -0.3 is 16.6 Å². The van der Waals surface area contributed by atoms with Crippen molar-refractivity contribution >= 4 is 28.6 Å². The third kappa shape index (κ3) is 2.85.